The highest BCUT2D eigenvalue weighted by Crippen LogP contribution is 2.37. The Morgan fingerprint density at radius 1 is 1.18 bits per heavy atom. The molecule has 3 heterocycles. The van der Waals surface area contributed by atoms with Crippen molar-refractivity contribution in [2.75, 3.05) is 40.2 Å². The number of aromatic nitrogens is 1. The second-order valence-corrected chi connectivity index (χ2v) is 5.47. The number of pyridine rings is 1. The Bertz CT molecular complexity index is 704. The maximum absolute atomic E-state index is 5.82. The number of methoxy groups -OCH3 is 1. The van der Waals surface area contributed by atoms with E-state index in [9.17, 15) is 0 Å². The third-order valence-corrected chi connectivity index (χ3v) is 4.00. The molecule has 6 heteroatoms. The molecule has 0 unspecified atom stereocenters. The molecule has 0 bridgehead atoms. The average Bonchev–Trinajstić information content (AvgIpc) is 2.88. The van der Waals surface area contributed by atoms with Gasteiger partial charge < -0.3 is 18.9 Å². The minimum atomic E-state index is 0.271. The minimum Gasteiger partial charge on any atom is -0.476 e. The molecule has 2 aliphatic heterocycles. The molecule has 0 N–H and O–H groups in total. The molecule has 2 aromatic rings. The molecule has 0 fully saturated rings. The van der Waals surface area contributed by atoms with E-state index in [1.54, 1.807) is 7.11 Å². The van der Waals surface area contributed by atoms with Crippen LogP contribution < -0.4 is 14.2 Å². The van der Waals surface area contributed by atoms with E-state index < -0.39 is 0 Å². The average molecular weight is 302 g/mol. The summed E-state index contributed by atoms with van der Waals surface area (Å²) in [5.41, 5.74) is 1.97. The number of rotatable bonds is 3. The summed E-state index contributed by atoms with van der Waals surface area (Å²) in [7, 11) is 1.72. The summed E-state index contributed by atoms with van der Waals surface area (Å²) in [5.74, 6) is 2.24. The van der Waals surface area contributed by atoms with E-state index in [1.807, 2.05) is 12.1 Å². The molecular formula is C16H18N2O4. The van der Waals surface area contributed by atoms with Crippen LogP contribution in [0.1, 0.15) is 5.56 Å². The Morgan fingerprint density at radius 3 is 2.91 bits per heavy atom. The van der Waals surface area contributed by atoms with Gasteiger partial charge in [-0.1, -0.05) is 0 Å². The zero-order valence-corrected chi connectivity index (χ0v) is 12.5. The normalized spacial score (nSPS) is 17.1. The molecule has 0 amide bonds. The van der Waals surface area contributed by atoms with Crippen LogP contribution in [-0.2, 0) is 11.3 Å². The van der Waals surface area contributed by atoms with Gasteiger partial charge in [0.05, 0.1) is 12.1 Å². The first kappa shape index (κ1) is 13.6. The summed E-state index contributed by atoms with van der Waals surface area (Å²) in [4.78, 5) is 6.97. The van der Waals surface area contributed by atoms with Gasteiger partial charge in [-0.05, 0) is 12.1 Å². The highest BCUT2D eigenvalue weighted by Gasteiger charge is 2.20. The van der Waals surface area contributed by atoms with Crippen molar-refractivity contribution in [2.24, 2.45) is 0 Å². The van der Waals surface area contributed by atoms with Gasteiger partial charge >= 0.3 is 0 Å². The molecule has 0 saturated heterocycles. The number of hydrogen-bond acceptors (Lipinski definition) is 6. The number of benzene rings is 1. The Morgan fingerprint density at radius 2 is 2.05 bits per heavy atom. The molecule has 6 nitrogen and oxygen atoms in total. The van der Waals surface area contributed by atoms with Crippen LogP contribution in [0.2, 0.25) is 0 Å². The summed E-state index contributed by atoms with van der Waals surface area (Å²) in [6, 6.07) is 6.02. The van der Waals surface area contributed by atoms with Gasteiger partial charge in [0.2, 0.25) is 12.7 Å². The van der Waals surface area contributed by atoms with Crippen LogP contribution in [0, 0.1) is 0 Å². The Balaban J connectivity index is 1.70. The van der Waals surface area contributed by atoms with Gasteiger partial charge in [0, 0.05) is 43.8 Å². The third-order valence-electron chi connectivity index (χ3n) is 4.00. The second kappa shape index (κ2) is 5.62. The van der Waals surface area contributed by atoms with Crippen LogP contribution in [0.25, 0.3) is 10.9 Å². The Hall–Kier alpha value is -2.05. The fraction of sp³-hybridized carbons (Fsp3) is 0.438. The first-order valence-electron chi connectivity index (χ1n) is 7.41. The first-order valence-corrected chi connectivity index (χ1v) is 7.41. The molecule has 0 saturated carbocycles. The van der Waals surface area contributed by atoms with E-state index in [-0.39, 0.29) is 6.79 Å². The van der Waals surface area contributed by atoms with Crippen molar-refractivity contribution in [1.29, 1.82) is 0 Å². The van der Waals surface area contributed by atoms with Gasteiger partial charge in [-0.25, -0.2) is 4.98 Å². The molecule has 0 atom stereocenters. The molecule has 0 aliphatic carbocycles. The lowest BCUT2D eigenvalue weighted by atomic mass is 10.1. The van der Waals surface area contributed by atoms with E-state index in [0.717, 1.165) is 54.2 Å². The third kappa shape index (κ3) is 2.44. The number of hydrogen-bond donors (Lipinski definition) is 0. The van der Waals surface area contributed by atoms with E-state index in [0.29, 0.717) is 12.5 Å². The Labute approximate surface area is 128 Å². The van der Waals surface area contributed by atoms with Crippen molar-refractivity contribution in [1.82, 2.24) is 9.88 Å². The quantitative estimate of drug-likeness (QED) is 0.862. The predicted molar refractivity (Wildman–Crippen MR) is 80.5 cm³/mol. The van der Waals surface area contributed by atoms with E-state index in [1.165, 1.54) is 0 Å². The van der Waals surface area contributed by atoms with Gasteiger partial charge in [-0.15, -0.1) is 0 Å². The summed E-state index contributed by atoms with van der Waals surface area (Å²) < 4.78 is 21.8. The minimum absolute atomic E-state index is 0.271. The fourth-order valence-electron chi connectivity index (χ4n) is 2.83. The molecule has 116 valence electrons. The number of nitrogens with zero attached hydrogens (tertiary/aromatic N) is 2. The van der Waals surface area contributed by atoms with Crippen molar-refractivity contribution < 1.29 is 18.9 Å². The Kier molecular flexibility index (Phi) is 3.48. The van der Waals surface area contributed by atoms with Crippen LogP contribution in [0.15, 0.2) is 18.2 Å². The lowest BCUT2D eigenvalue weighted by Crippen LogP contribution is -2.29. The molecular weight excluding hydrogens is 284 g/mol. The van der Waals surface area contributed by atoms with Crippen molar-refractivity contribution in [3.8, 4) is 17.4 Å². The van der Waals surface area contributed by atoms with Crippen molar-refractivity contribution in [2.45, 2.75) is 6.54 Å². The summed E-state index contributed by atoms with van der Waals surface area (Å²) in [6.07, 6.45) is 0. The van der Waals surface area contributed by atoms with E-state index >= 15 is 0 Å². The van der Waals surface area contributed by atoms with Crippen molar-refractivity contribution in [3.05, 3.63) is 23.8 Å². The zero-order chi connectivity index (χ0) is 14.9. The first-order chi connectivity index (χ1) is 10.8. The highest BCUT2D eigenvalue weighted by molar-refractivity contribution is 5.84. The molecule has 1 aromatic carbocycles. The SMILES string of the molecule is COCCN1CCOc2nc3cc4c(cc3cc2C1)OCO4. The number of ether oxygens (including phenoxy) is 4. The van der Waals surface area contributed by atoms with Crippen LogP contribution in [-0.4, -0.2) is 50.1 Å². The lowest BCUT2D eigenvalue weighted by molar-refractivity contribution is 0.138. The van der Waals surface area contributed by atoms with Crippen LogP contribution in [0.4, 0.5) is 0 Å². The van der Waals surface area contributed by atoms with Gasteiger partial charge in [0.1, 0.15) is 6.61 Å². The molecule has 0 spiro atoms. The standard InChI is InChI=1S/C16H18N2O4/c1-19-4-2-18-3-5-20-16-12(9-18)6-11-7-14-15(22-10-21-14)8-13(11)17-16/h6-8H,2-5,9-10H2,1H3. The summed E-state index contributed by atoms with van der Waals surface area (Å²) in [5, 5.41) is 1.04. The zero-order valence-electron chi connectivity index (χ0n) is 12.5. The predicted octanol–water partition coefficient (Wildman–Crippen LogP) is 1.80. The highest BCUT2D eigenvalue weighted by atomic mass is 16.7. The van der Waals surface area contributed by atoms with Crippen LogP contribution >= 0.6 is 0 Å². The van der Waals surface area contributed by atoms with Crippen molar-refractivity contribution in [3.63, 3.8) is 0 Å². The van der Waals surface area contributed by atoms with Gasteiger partial charge in [0.25, 0.3) is 0 Å². The van der Waals surface area contributed by atoms with E-state index in [4.69, 9.17) is 18.9 Å². The maximum Gasteiger partial charge on any atom is 0.231 e. The summed E-state index contributed by atoms with van der Waals surface area (Å²) in [6.45, 7) is 4.20. The maximum atomic E-state index is 5.82. The number of fused-ring (bicyclic) bond motifs is 3. The van der Waals surface area contributed by atoms with Crippen LogP contribution in [0.5, 0.6) is 17.4 Å². The molecule has 1 aromatic heterocycles. The molecule has 2 aliphatic rings. The van der Waals surface area contributed by atoms with Gasteiger partial charge in [-0.2, -0.15) is 0 Å². The second-order valence-electron chi connectivity index (χ2n) is 5.47. The van der Waals surface area contributed by atoms with Crippen molar-refractivity contribution >= 4 is 10.9 Å². The summed E-state index contributed by atoms with van der Waals surface area (Å²) >= 11 is 0. The lowest BCUT2D eigenvalue weighted by Gasteiger charge is -2.18. The van der Waals surface area contributed by atoms with Gasteiger partial charge in [0.15, 0.2) is 11.5 Å². The monoisotopic (exact) mass is 302 g/mol. The molecule has 22 heavy (non-hydrogen) atoms. The fourth-order valence-corrected chi connectivity index (χ4v) is 2.83. The smallest absolute Gasteiger partial charge is 0.231 e. The topological polar surface area (TPSA) is 53.1 Å². The van der Waals surface area contributed by atoms with Gasteiger partial charge in [-0.3, -0.25) is 4.90 Å². The largest absolute Gasteiger partial charge is 0.476 e. The molecule has 0 radical (unpaired) electrons. The van der Waals surface area contributed by atoms with Crippen LogP contribution in [0.3, 0.4) is 0 Å². The molecule has 4 rings (SSSR count). The van der Waals surface area contributed by atoms with E-state index in [2.05, 4.69) is 16.0 Å².